The monoisotopic (exact) mass is 452 g/mol. The van der Waals surface area contributed by atoms with Gasteiger partial charge in [0.15, 0.2) is 5.69 Å². The molecule has 0 aliphatic carbocycles. The van der Waals surface area contributed by atoms with Crippen LogP contribution in [0.1, 0.15) is 40.4 Å². The highest BCUT2D eigenvalue weighted by Gasteiger charge is 2.27. The lowest BCUT2D eigenvalue weighted by molar-refractivity contribution is 0.0841. The van der Waals surface area contributed by atoms with Gasteiger partial charge in [-0.1, -0.05) is 26.0 Å². The molecule has 0 fully saturated rings. The lowest BCUT2D eigenvalue weighted by atomic mass is 9.97. The van der Waals surface area contributed by atoms with Gasteiger partial charge in [-0.05, 0) is 42.2 Å². The summed E-state index contributed by atoms with van der Waals surface area (Å²) in [5.41, 5.74) is 8.51. The van der Waals surface area contributed by atoms with Gasteiger partial charge in [-0.25, -0.2) is 10.2 Å². The Morgan fingerprint density at radius 1 is 1.09 bits per heavy atom. The van der Waals surface area contributed by atoms with Crippen molar-refractivity contribution in [3.05, 3.63) is 65.7 Å². The fourth-order valence-electron chi connectivity index (χ4n) is 3.20. The van der Waals surface area contributed by atoms with Crippen molar-refractivity contribution in [2.75, 3.05) is 12.5 Å². The summed E-state index contributed by atoms with van der Waals surface area (Å²) in [4.78, 5) is 41.6. The second kappa shape index (κ2) is 10.3. The molecule has 1 aromatic carbocycles. The number of methoxy groups -OCH3 is 1. The molecule has 3 rings (SSSR count). The molecule has 0 saturated heterocycles. The molecule has 0 saturated carbocycles. The van der Waals surface area contributed by atoms with Crippen LogP contribution in [-0.2, 0) is 6.42 Å². The number of nitrogens with zero attached hydrogens (tertiary/aromatic N) is 3. The molecular weight excluding hydrogens is 428 g/mol. The van der Waals surface area contributed by atoms with Gasteiger partial charge in [0.05, 0.1) is 12.8 Å². The Labute approximate surface area is 189 Å². The summed E-state index contributed by atoms with van der Waals surface area (Å²) in [6, 6.07) is 9.96. The number of carbonyl (C=O) groups is 3. The molecule has 2 aromatic heterocycles. The summed E-state index contributed by atoms with van der Waals surface area (Å²) in [7, 11) is 1.52. The third kappa shape index (κ3) is 5.64. The quantitative estimate of drug-likeness (QED) is 0.403. The molecule has 0 aliphatic heterocycles. The lowest BCUT2D eigenvalue weighted by Crippen LogP contribution is -2.43. The first-order valence-electron chi connectivity index (χ1n) is 10.1. The van der Waals surface area contributed by atoms with E-state index in [1.165, 1.54) is 31.6 Å². The minimum atomic E-state index is -1.40. The minimum Gasteiger partial charge on any atom is -0.497 e. The number of nitrogens with one attached hydrogen (secondary N) is 3. The largest absolute Gasteiger partial charge is 0.497 e. The Morgan fingerprint density at radius 3 is 2.42 bits per heavy atom. The van der Waals surface area contributed by atoms with Gasteiger partial charge >= 0.3 is 6.09 Å². The molecule has 2 heterocycles. The normalized spacial score (nSPS) is 10.5. The number of hydrogen-bond donors (Lipinski definition) is 4. The van der Waals surface area contributed by atoms with Crippen LogP contribution in [0.5, 0.6) is 5.75 Å². The Balaban J connectivity index is 2.04. The van der Waals surface area contributed by atoms with Gasteiger partial charge in [0.2, 0.25) is 0 Å². The van der Waals surface area contributed by atoms with Crippen molar-refractivity contribution in [3.63, 3.8) is 0 Å². The van der Waals surface area contributed by atoms with Gasteiger partial charge in [0.25, 0.3) is 11.8 Å². The van der Waals surface area contributed by atoms with E-state index in [9.17, 15) is 19.5 Å². The highest BCUT2D eigenvalue weighted by atomic mass is 16.5. The molecule has 0 spiro atoms. The first-order chi connectivity index (χ1) is 15.8. The number of carbonyl (C=O) groups excluding carboxylic acids is 2. The Kier molecular flexibility index (Phi) is 7.24. The molecule has 4 N–H and O–H groups in total. The molecule has 0 unspecified atom stereocenters. The van der Waals surface area contributed by atoms with Crippen molar-refractivity contribution in [2.45, 2.75) is 20.3 Å². The maximum Gasteiger partial charge on any atom is 0.425 e. The van der Waals surface area contributed by atoms with Crippen LogP contribution >= 0.6 is 0 Å². The van der Waals surface area contributed by atoms with Crippen LogP contribution in [0.2, 0.25) is 0 Å². The molecule has 33 heavy (non-hydrogen) atoms. The standard InChI is InChI=1S/C22H24N6O5/c1-13(2)11-17-18(15-5-4-6-16(12-15)33-3)19(28(26-17)27-22(31)32)21(30)25-24-20(29)14-7-9-23-10-8-14/h4-10,12-13,27H,11H2,1-3H3,(H,24,29)(H,25,30)(H,31,32). The summed E-state index contributed by atoms with van der Waals surface area (Å²) in [5, 5.41) is 13.6. The minimum absolute atomic E-state index is 0.0867. The molecule has 172 valence electrons. The van der Waals surface area contributed by atoms with Gasteiger partial charge in [0.1, 0.15) is 5.75 Å². The molecule has 11 heteroatoms. The summed E-state index contributed by atoms with van der Waals surface area (Å²) in [5.74, 6) is -0.594. The number of hydrazine groups is 1. The van der Waals surface area contributed by atoms with Crippen molar-refractivity contribution in [1.29, 1.82) is 0 Å². The lowest BCUT2D eigenvalue weighted by Gasteiger charge is -2.12. The Bertz CT molecular complexity index is 1160. The van der Waals surface area contributed by atoms with E-state index in [0.29, 0.717) is 29.0 Å². The molecule has 0 bridgehead atoms. The zero-order chi connectivity index (χ0) is 24.0. The number of amides is 3. The first-order valence-corrected chi connectivity index (χ1v) is 10.1. The summed E-state index contributed by atoms with van der Waals surface area (Å²) in [6.07, 6.45) is 1.97. The third-order valence-corrected chi connectivity index (χ3v) is 4.57. The van der Waals surface area contributed by atoms with E-state index in [2.05, 4.69) is 26.4 Å². The summed E-state index contributed by atoms with van der Waals surface area (Å²) >= 11 is 0. The van der Waals surface area contributed by atoms with E-state index in [-0.39, 0.29) is 17.2 Å². The number of carboxylic acid groups (broad SMARTS) is 1. The number of pyridine rings is 1. The van der Waals surface area contributed by atoms with Gasteiger partial charge in [0, 0.05) is 23.5 Å². The smallest absolute Gasteiger partial charge is 0.425 e. The summed E-state index contributed by atoms with van der Waals surface area (Å²) in [6.45, 7) is 3.96. The van der Waals surface area contributed by atoms with Crippen LogP contribution < -0.4 is 21.0 Å². The van der Waals surface area contributed by atoms with Crippen LogP contribution in [0.4, 0.5) is 4.79 Å². The highest BCUT2D eigenvalue weighted by Crippen LogP contribution is 2.31. The van der Waals surface area contributed by atoms with E-state index in [4.69, 9.17) is 4.74 Å². The fraction of sp³-hybridized carbons (Fsp3) is 0.227. The zero-order valence-corrected chi connectivity index (χ0v) is 18.3. The van der Waals surface area contributed by atoms with Crippen molar-refractivity contribution in [3.8, 4) is 16.9 Å². The van der Waals surface area contributed by atoms with Crippen LogP contribution in [0.25, 0.3) is 11.1 Å². The second-order valence-corrected chi connectivity index (χ2v) is 7.47. The Morgan fingerprint density at radius 2 is 1.79 bits per heavy atom. The molecule has 0 aliphatic rings. The number of ether oxygens (including phenoxy) is 1. The van der Waals surface area contributed by atoms with Crippen molar-refractivity contribution in [1.82, 2.24) is 25.7 Å². The fourth-order valence-corrected chi connectivity index (χ4v) is 3.20. The molecule has 3 aromatic rings. The number of hydrogen-bond acceptors (Lipinski definition) is 6. The molecule has 11 nitrogen and oxygen atoms in total. The maximum absolute atomic E-state index is 13.2. The third-order valence-electron chi connectivity index (χ3n) is 4.57. The van der Waals surface area contributed by atoms with Crippen molar-refractivity contribution >= 4 is 17.9 Å². The first kappa shape index (κ1) is 23.3. The molecule has 3 amide bonds. The van der Waals surface area contributed by atoms with Crippen LogP contribution in [0.15, 0.2) is 48.8 Å². The van der Waals surface area contributed by atoms with Gasteiger partial charge in [-0.2, -0.15) is 9.89 Å². The highest BCUT2D eigenvalue weighted by molar-refractivity contribution is 6.02. The predicted molar refractivity (Wildman–Crippen MR) is 119 cm³/mol. The van der Waals surface area contributed by atoms with Gasteiger partial charge < -0.3 is 9.84 Å². The topological polar surface area (TPSA) is 147 Å². The predicted octanol–water partition coefficient (Wildman–Crippen LogP) is 2.45. The summed E-state index contributed by atoms with van der Waals surface area (Å²) < 4.78 is 5.30. The van der Waals surface area contributed by atoms with Crippen LogP contribution in [0, 0.1) is 5.92 Å². The van der Waals surface area contributed by atoms with E-state index in [1.807, 2.05) is 13.8 Å². The van der Waals surface area contributed by atoms with Crippen molar-refractivity contribution in [2.24, 2.45) is 5.92 Å². The number of benzene rings is 1. The van der Waals surface area contributed by atoms with E-state index in [1.54, 1.807) is 24.3 Å². The van der Waals surface area contributed by atoms with Gasteiger partial charge in [-0.15, -0.1) is 0 Å². The zero-order valence-electron chi connectivity index (χ0n) is 18.3. The van der Waals surface area contributed by atoms with E-state index in [0.717, 1.165) is 4.79 Å². The second-order valence-electron chi connectivity index (χ2n) is 7.47. The van der Waals surface area contributed by atoms with E-state index < -0.39 is 17.9 Å². The van der Waals surface area contributed by atoms with Crippen LogP contribution in [0.3, 0.4) is 0 Å². The van der Waals surface area contributed by atoms with Crippen LogP contribution in [-0.4, -0.2) is 45.0 Å². The van der Waals surface area contributed by atoms with Crippen molar-refractivity contribution < 1.29 is 24.2 Å². The number of rotatable bonds is 7. The Hall–Kier alpha value is -4.41. The SMILES string of the molecule is COc1cccc(-c2c(CC(C)C)nn(NC(=O)O)c2C(=O)NNC(=O)c2ccncc2)c1. The molecular formula is C22H24N6O5. The molecule has 0 atom stereocenters. The van der Waals surface area contributed by atoms with Gasteiger partial charge in [-0.3, -0.25) is 25.4 Å². The average Bonchev–Trinajstić information content (AvgIpc) is 3.13. The number of aromatic nitrogens is 3. The maximum atomic E-state index is 13.2. The molecule has 0 radical (unpaired) electrons. The van der Waals surface area contributed by atoms with E-state index >= 15 is 0 Å². The average molecular weight is 452 g/mol.